The lowest BCUT2D eigenvalue weighted by molar-refractivity contribution is -0.130. The van der Waals surface area contributed by atoms with Gasteiger partial charge in [-0.2, -0.15) is 0 Å². The minimum absolute atomic E-state index is 0.0415. The Hall–Kier alpha value is -1.32. The smallest absolute Gasteiger partial charge is 0.229 e. The Labute approximate surface area is 84.0 Å². The summed E-state index contributed by atoms with van der Waals surface area (Å²) in [7, 11) is 0. The molecule has 4 nitrogen and oxygen atoms in total. The molecule has 14 heavy (non-hydrogen) atoms. The van der Waals surface area contributed by atoms with E-state index < -0.39 is 0 Å². The molecule has 0 radical (unpaired) electrons. The van der Waals surface area contributed by atoms with Crippen LogP contribution in [0.25, 0.3) is 0 Å². The van der Waals surface area contributed by atoms with E-state index in [-0.39, 0.29) is 17.7 Å². The van der Waals surface area contributed by atoms with Crippen molar-refractivity contribution >= 4 is 11.8 Å². The van der Waals surface area contributed by atoms with Crippen LogP contribution in [0, 0.1) is 5.92 Å². The predicted octanol–water partition coefficient (Wildman–Crippen LogP) is 0.505. The molecule has 1 atom stereocenters. The molecule has 0 aliphatic carbocycles. The molecule has 1 unspecified atom stereocenters. The van der Waals surface area contributed by atoms with Crippen molar-refractivity contribution in [3.63, 3.8) is 0 Å². The van der Waals surface area contributed by atoms with Crippen molar-refractivity contribution in [1.82, 2.24) is 10.2 Å². The fraction of sp³-hybridized carbons (Fsp3) is 0.600. The van der Waals surface area contributed by atoms with E-state index in [9.17, 15) is 9.59 Å². The normalized spacial score (nSPS) is 21.6. The molecule has 1 heterocycles. The molecule has 1 fully saturated rings. The minimum Gasteiger partial charge on any atom is -0.355 e. The number of nitrogens with one attached hydrogen (secondary N) is 1. The van der Waals surface area contributed by atoms with Crippen LogP contribution in [0.4, 0.5) is 0 Å². The van der Waals surface area contributed by atoms with Crippen LogP contribution in [0.2, 0.25) is 0 Å². The lowest BCUT2D eigenvalue weighted by Gasteiger charge is -2.17. The van der Waals surface area contributed by atoms with Crippen molar-refractivity contribution in [3.05, 3.63) is 12.3 Å². The van der Waals surface area contributed by atoms with Crippen molar-refractivity contribution in [2.75, 3.05) is 13.1 Å². The van der Waals surface area contributed by atoms with Gasteiger partial charge in [-0.1, -0.05) is 13.5 Å². The van der Waals surface area contributed by atoms with Crippen LogP contribution in [0.3, 0.4) is 0 Å². The number of carbonyl (C=O) groups is 2. The highest BCUT2D eigenvalue weighted by Crippen LogP contribution is 2.25. The maximum atomic E-state index is 11.5. The van der Waals surface area contributed by atoms with Crippen LogP contribution in [0.15, 0.2) is 12.3 Å². The van der Waals surface area contributed by atoms with E-state index in [1.54, 1.807) is 4.90 Å². The third-order valence-electron chi connectivity index (χ3n) is 2.32. The van der Waals surface area contributed by atoms with Gasteiger partial charge < -0.3 is 10.2 Å². The summed E-state index contributed by atoms with van der Waals surface area (Å²) in [6.45, 7) is 8.21. The van der Waals surface area contributed by atoms with E-state index in [1.165, 1.54) is 6.92 Å². The fourth-order valence-corrected chi connectivity index (χ4v) is 1.58. The summed E-state index contributed by atoms with van der Waals surface area (Å²) in [6.07, 6.45) is 0.735. The monoisotopic (exact) mass is 196 g/mol. The average molecular weight is 196 g/mol. The number of carbonyl (C=O) groups excluding carboxylic acids is 2. The van der Waals surface area contributed by atoms with Crippen molar-refractivity contribution in [3.8, 4) is 0 Å². The average Bonchev–Trinajstić information content (AvgIpc) is 2.31. The van der Waals surface area contributed by atoms with Crippen molar-refractivity contribution in [2.24, 2.45) is 5.92 Å². The Morgan fingerprint density at radius 3 is 2.79 bits per heavy atom. The SMILES string of the molecule is C=C1CC(C)C(=O)N1CCNC(C)=O. The van der Waals surface area contributed by atoms with Gasteiger partial charge in [-0.05, 0) is 6.42 Å². The second kappa shape index (κ2) is 4.26. The second-order valence-electron chi connectivity index (χ2n) is 3.64. The number of amides is 2. The van der Waals surface area contributed by atoms with Crippen molar-refractivity contribution < 1.29 is 9.59 Å². The van der Waals surface area contributed by atoms with Crippen LogP contribution >= 0.6 is 0 Å². The highest BCUT2D eigenvalue weighted by molar-refractivity contribution is 5.83. The number of likely N-dealkylation sites (tertiary alicyclic amines) is 1. The molecule has 78 valence electrons. The Kier molecular flexibility index (Phi) is 3.28. The maximum absolute atomic E-state index is 11.5. The third-order valence-corrected chi connectivity index (χ3v) is 2.32. The van der Waals surface area contributed by atoms with Crippen LogP contribution in [-0.4, -0.2) is 29.8 Å². The first-order chi connectivity index (χ1) is 6.52. The molecule has 1 rings (SSSR count). The largest absolute Gasteiger partial charge is 0.355 e. The standard InChI is InChI=1S/C10H16N2O2/c1-7-6-8(2)12(10(7)14)5-4-11-9(3)13/h7H,2,4-6H2,1,3H3,(H,11,13). The Morgan fingerprint density at radius 1 is 1.71 bits per heavy atom. The molecule has 0 aromatic rings. The van der Waals surface area contributed by atoms with Crippen LogP contribution < -0.4 is 5.32 Å². The molecule has 1 saturated heterocycles. The van der Waals surface area contributed by atoms with Gasteiger partial charge >= 0.3 is 0 Å². The topological polar surface area (TPSA) is 49.4 Å². The molecule has 0 aromatic carbocycles. The summed E-state index contributed by atoms with van der Waals surface area (Å²) in [5, 5.41) is 2.65. The molecular weight excluding hydrogens is 180 g/mol. The summed E-state index contributed by atoms with van der Waals surface area (Å²) in [6, 6.07) is 0. The summed E-state index contributed by atoms with van der Waals surface area (Å²) in [5.41, 5.74) is 0.854. The third kappa shape index (κ3) is 2.34. The summed E-state index contributed by atoms with van der Waals surface area (Å²) >= 11 is 0. The Morgan fingerprint density at radius 2 is 2.36 bits per heavy atom. The number of hydrogen-bond acceptors (Lipinski definition) is 2. The van der Waals surface area contributed by atoms with Gasteiger partial charge in [0.2, 0.25) is 11.8 Å². The summed E-state index contributed by atoms with van der Waals surface area (Å²) in [4.78, 5) is 23.8. The molecule has 2 amide bonds. The summed E-state index contributed by atoms with van der Waals surface area (Å²) in [5.74, 6) is 0.0792. The van der Waals surface area contributed by atoms with E-state index in [4.69, 9.17) is 0 Å². The first-order valence-corrected chi connectivity index (χ1v) is 4.76. The minimum atomic E-state index is -0.0738. The van der Waals surface area contributed by atoms with E-state index in [2.05, 4.69) is 11.9 Å². The van der Waals surface area contributed by atoms with Crippen LogP contribution in [0.5, 0.6) is 0 Å². The zero-order valence-corrected chi connectivity index (χ0v) is 8.67. The maximum Gasteiger partial charge on any atom is 0.229 e. The number of hydrogen-bond donors (Lipinski definition) is 1. The fourth-order valence-electron chi connectivity index (χ4n) is 1.58. The second-order valence-corrected chi connectivity index (χ2v) is 3.64. The van der Waals surface area contributed by atoms with Gasteiger partial charge in [0.05, 0.1) is 0 Å². The zero-order valence-electron chi connectivity index (χ0n) is 8.67. The van der Waals surface area contributed by atoms with Crippen LogP contribution in [0.1, 0.15) is 20.3 Å². The first kappa shape index (κ1) is 10.8. The lowest BCUT2D eigenvalue weighted by atomic mass is 10.1. The van der Waals surface area contributed by atoms with E-state index in [0.29, 0.717) is 13.1 Å². The highest BCUT2D eigenvalue weighted by atomic mass is 16.2. The van der Waals surface area contributed by atoms with Crippen molar-refractivity contribution in [1.29, 1.82) is 0 Å². The van der Waals surface area contributed by atoms with Gasteiger partial charge in [0.15, 0.2) is 0 Å². The van der Waals surface area contributed by atoms with Crippen molar-refractivity contribution in [2.45, 2.75) is 20.3 Å². The predicted molar refractivity (Wildman–Crippen MR) is 53.3 cm³/mol. The molecule has 0 bridgehead atoms. The van der Waals surface area contributed by atoms with Gasteiger partial charge in [0.25, 0.3) is 0 Å². The van der Waals surface area contributed by atoms with Gasteiger partial charge in [-0.25, -0.2) is 0 Å². The molecule has 1 N–H and O–H groups in total. The molecular formula is C10H16N2O2. The van der Waals surface area contributed by atoms with Gasteiger partial charge in [-0.3, -0.25) is 9.59 Å². The van der Waals surface area contributed by atoms with Gasteiger partial charge in [0.1, 0.15) is 0 Å². The van der Waals surface area contributed by atoms with Gasteiger partial charge in [-0.15, -0.1) is 0 Å². The Bertz CT molecular complexity index is 273. The van der Waals surface area contributed by atoms with E-state index in [1.807, 2.05) is 6.92 Å². The van der Waals surface area contributed by atoms with E-state index >= 15 is 0 Å². The first-order valence-electron chi connectivity index (χ1n) is 4.76. The van der Waals surface area contributed by atoms with E-state index in [0.717, 1.165) is 12.1 Å². The molecule has 1 aliphatic heterocycles. The molecule has 0 aromatic heterocycles. The molecule has 4 heteroatoms. The Balaban J connectivity index is 2.41. The molecule has 0 saturated carbocycles. The molecule has 0 spiro atoms. The lowest BCUT2D eigenvalue weighted by Crippen LogP contribution is -2.34. The number of nitrogens with zero attached hydrogens (tertiary/aromatic N) is 1. The highest BCUT2D eigenvalue weighted by Gasteiger charge is 2.30. The number of rotatable bonds is 3. The quantitative estimate of drug-likeness (QED) is 0.714. The number of allylic oxidation sites excluding steroid dienone is 1. The zero-order chi connectivity index (χ0) is 10.7. The molecule has 1 aliphatic rings. The summed E-state index contributed by atoms with van der Waals surface area (Å²) < 4.78 is 0. The van der Waals surface area contributed by atoms with Gasteiger partial charge in [0, 0.05) is 31.6 Å². The van der Waals surface area contributed by atoms with Crippen LogP contribution in [-0.2, 0) is 9.59 Å².